The first-order valence-corrected chi connectivity index (χ1v) is 9.54. The molecule has 2 aliphatic rings. The van der Waals surface area contributed by atoms with Gasteiger partial charge in [0.25, 0.3) is 0 Å². The number of rotatable bonds is 5. The minimum absolute atomic E-state index is 0.447. The van der Waals surface area contributed by atoms with Gasteiger partial charge in [-0.15, -0.1) is 0 Å². The van der Waals surface area contributed by atoms with Gasteiger partial charge in [-0.3, -0.25) is 0 Å². The Balaban J connectivity index is 1.87. The molecule has 1 N–H and O–H groups in total. The summed E-state index contributed by atoms with van der Waals surface area (Å²) in [5.74, 6) is 2.49. The maximum absolute atomic E-state index is 6.06. The van der Waals surface area contributed by atoms with Crippen molar-refractivity contribution in [1.29, 1.82) is 0 Å². The van der Waals surface area contributed by atoms with E-state index >= 15 is 0 Å². The highest BCUT2D eigenvalue weighted by Crippen LogP contribution is 2.40. The fourth-order valence-electron chi connectivity index (χ4n) is 3.43. The molecule has 0 spiro atoms. The molecule has 1 fully saturated rings. The van der Waals surface area contributed by atoms with Crippen LogP contribution in [0.1, 0.15) is 56.2 Å². The topological polar surface area (TPSA) is 21.3 Å². The molecule has 3 rings (SSSR count). The van der Waals surface area contributed by atoms with Gasteiger partial charge in [0.15, 0.2) is 0 Å². The molecule has 0 radical (unpaired) electrons. The maximum Gasteiger partial charge on any atom is 0.127 e. The van der Waals surface area contributed by atoms with Crippen LogP contribution in [0.5, 0.6) is 5.75 Å². The lowest BCUT2D eigenvalue weighted by molar-refractivity contribution is 0.280. The Labute approximate surface area is 133 Å². The molecule has 0 bridgehead atoms. The minimum atomic E-state index is 0.447. The normalized spacial score (nSPS) is 23.2. The molecule has 3 heteroatoms. The summed E-state index contributed by atoms with van der Waals surface area (Å²) in [5, 5.41) is 4.50. The smallest absolute Gasteiger partial charge is 0.127 e. The molecule has 21 heavy (non-hydrogen) atoms. The van der Waals surface area contributed by atoms with Gasteiger partial charge in [0, 0.05) is 16.9 Å². The molecule has 1 saturated heterocycles. The Morgan fingerprint density at radius 1 is 1.33 bits per heavy atom. The molecule has 0 saturated carbocycles. The molecule has 0 aromatic heterocycles. The van der Waals surface area contributed by atoms with Crippen molar-refractivity contribution in [3.05, 3.63) is 29.3 Å². The summed E-state index contributed by atoms with van der Waals surface area (Å²) in [4.78, 5) is 0. The molecule has 2 heterocycles. The van der Waals surface area contributed by atoms with Gasteiger partial charge in [0.05, 0.1) is 6.61 Å². The predicted molar refractivity (Wildman–Crippen MR) is 91.4 cm³/mol. The summed E-state index contributed by atoms with van der Waals surface area (Å²) in [6, 6.07) is 7.19. The molecule has 116 valence electrons. The average Bonchev–Trinajstić information content (AvgIpc) is 2.56. The molecule has 1 aromatic rings. The zero-order valence-corrected chi connectivity index (χ0v) is 13.9. The SMILES string of the molecule is CCCNC(c1cccc2c1OCCC2)C1CCCCS1. The summed E-state index contributed by atoms with van der Waals surface area (Å²) in [7, 11) is 0. The number of nitrogens with one attached hydrogen (secondary N) is 1. The van der Waals surface area contributed by atoms with E-state index in [1.54, 1.807) is 0 Å². The molecular weight excluding hydrogens is 278 g/mol. The van der Waals surface area contributed by atoms with Crippen molar-refractivity contribution in [1.82, 2.24) is 5.32 Å². The monoisotopic (exact) mass is 305 g/mol. The summed E-state index contributed by atoms with van der Waals surface area (Å²) >= 11 is 2.15. The molecule has 2 atom stereocenters. The first-order valence-electron chi connectivity index (χ1n) is 8.49. The van der Waals surface area contributed by atoms with E-state index in [9.17, 15) is 0 Å². The minimum Gasteiger partial charge on any atom is -0.493 e. The first kappa shape index (κ1) is 15.2. The van der Waals surface area contributed by atoms with Gasteiger partial charge < -0.3 is 10.1 Å². The van der Waals surface area contributed by atoms with Crippen LogP contribution in [0.25, 0.3) is 0 Å². The lowest BCUT2D eigenvalue weighted by Crippen LogP contribution is -2.33. The largest absolute Gasteiger partial charge is 0.493 e. The van der Waals surface area contributed by atoms with Crippen molar-refractivity contribution in [2.45, 2.75) is 56.7 Å². The standard InChI is InChI=1S/C18H27NOS/c1-2-11-19-17(16-10-3-4-13-21-16)15-9-5-7-14-8-6-12-20-18(14)15/h5,7,9,16-17,19H,2-4,6,8,10-13H2,1H3. The van der Waals surface area contributed by atoms with E-state index in [-0.39, 0.29) is 0 Å². The fraction of sp³-hybridized carbons (Fsp3) is 0.667. The van der Waals surface area contributed by atoms with E-state index < -0.39 is 0 Å². The summed E-state index contributed by atoms with van der Waals surface area (Å²) in [6.07, 6.45) is 7.59. The molecule has 2 aliphatic heterocycles. The van der Waals surface area contributed by atoms with E-state index in [2.05, 4.69) is 42.2 Å². The van der Waals surface area contributed by atoms with Gasteiger partial charge in [-0.1, -0.05) is 31.5 Å². The molecule has 2 nitrogen and oxygen atoms in total. The summed E-state index contributed by atoms with van der Waals surface area (Å²) in [5.41, 5.74) is 2.81. The highest BCUT2D eigenvalue weighted by molar-refractivity contribution is 8.00. The van der Waals surface area contributed by atoms with Crippen molar-refractivity contribution in [3.8, 4) is 5.75 Å². The maximum atomic E-state index is 6.06. The van der Waals surface area contributed by atoms with Crippen LogP contribution in [0.4, 0.5) is 0 Å². The fourth-order valence-corrected chi connectivity index (χ4v) is 4.87. The molecular formula is C18H27NOS. The molecule has 1 aromatic carbocycles. The van der Waals surface area contributed by atoms with Gasteiger partial charge in [-0.25, -0.2) is 0 Å². The van der Waals surface area contributed by atoms with Crippen LogP contribution in [-0.4, -0.2) is 24.2 Å². The summed E-state index contributed by atoms with van der Waals surface area (Å²) in [6.45, 7) is 4.21. The number of hydrogen-bond acceptors (Lipinski definition) is 3. The quantitative estimate of drug-likeness (QED) is 0.874. The second-order valence-corrected chi connectivity index (χ2v) is 7.47. The van der Waals surface area contributed by atoms with Gasteiger partial charge in [0.1, 0.15) is 5.75 Å². The number of benzene rings is 1. The second-order valence-electron chi connectivity index (χ2n) is 6.12. The molecule has 2 unspecified atom stereocenters. The van der Waals surface area contributed by atoms with E-state index in [0.29, 0.717) is 11.3 Å². The third kappa shape index (κ3) is 3.57. The molecule has 0 aliphatic carbocycles. The first-order chi connectivity index (χ1) is 10.4. The van der Waals surface area contributed by atoms with Crippen molar-refractivity contribution in [2.75, 3.05) is 18.9 Å². The van der Waals surface area contributed by atoms with Crippen molar-refractivity contribution in [2.24, 2.45) is 0 Å². The Kier molecular flexibility index (Phi) is 5.48. The van der Waals surface area contributed by atoms with Gasteiger partial charge >= 0.3 is 0 Å². The van der Waals surface area contributed by atoms with Crippen LogP contribution < -0.4 is 10.1 Å². The van der Waals surface area contributed by atoms with Crippen LogP contribution in [0.2, 0.25) is 0 Å². The predicted octanol–water partition coefficient (Wildman–Crippen LogP) is 4.34. The highest BCUT2D eigenvalue weighted by atomic mass is 32.2. The van der Waals surface area contributed by atoms with Crippen LogP contribution >= 0.6 is 11.8 Å². The Hall–Kier alpha value is -0.670. The van der Waals surface area contributed by atoms with Gasteiger partial charge in [0.2, 0.25) is 0 Å². The zero-order valence-electron chi connectivity index (χ0n) is 13.1. The third-order valence-corrected chi connectivity index (χ3v) is 5.96. The number of aryl methyl sites for hydroxylation is 1. The van der Waals surface area contributed by atoms with Crippen molar-refractivity contribution < 1.29 is 4.74 Å². The molecule has 0 amide bonds. The average molecular weight is 305 g/mol. The van der Waals surface area contributed by atoms with Crippen LogP contribution in [0, 0.1) is 0 Å². The second kappa shape index (κ2) is 7.55. The lowest BCUT2D eigenvalue weighted by atomic mass is 9.94. The summed E-state index contributed by atoms with van der Waals surface area (Å²) < 4.78 is 6.06. The highest BCUT2D eigenvalue weighted by Gasteiger charge is 2.29. The van der Waals surface area contributed by atoms with E-state index in [4.69, 9.17) is 4.74 Å². The lowest BCUT2D eigenvalue weighted by Gasteiger charge is -2.33. The van der Waals surface area contributed by atoms with Crippen molar-refractivity contribution >= 4 is 11.8 Å². The number of thioether (sulfide) groups is 1. The number of ether oxygens (including phenoxy) is 1. The van der Waals surface area contributed by atoms with E-state index in [1.807, 2.05) is 0 Å². The third-order valence-electron chi connectivity index (χ3n) is 4.50. The van der Waals surface area contributed by atoms with Crippen molar-refractivity contribution in [3.63, 3.8) is 0 Å². The van der Waals surface area contributed by atoms with Crippen LogP contribution in [-0.2, 0) is 6.42 Å². The number of hydrogen-bond donors (Lipinski definition) is 1. The Bertz CT molecular complexity index is 457. The van der Waals surface area contributed by atoms with Crippen LogP contribution in [0.3, 0.4) is 0 Å². The van der Waals surface area contributed by atoms with Crippen LogP contribution in [0.15, 0.2) is 18.2 Å². The van der Waals surface area contributed by atoms with Gasteiger partial charge in [-0.2, -0.15) is 11.8 Å². The zero-order chi connectivity index (χ0) is 14.5. The Morgan fingerprint density at radius 3 is 3.10 bits per heavy atom. The number of para-hydroxylation sites is 1. The number of fused-ring (bicyclic) bond motifs is 1. The van der Waals surface area contributed by atoms with E-state index in [1.165, 1.54) is 54.7 Å². The van der Waals surface area contributed by atoms with E-state index in [0.717, 1.165) is 19.6 Å². The van der Waals surface area contributed by atoms with Gasteiger partial charge in [-0.05, 0) is 50.0 Å². The Morgan fingerprint density at radius 2 is 2.29 bits per heavy atom.